The molecule has 3 rings (SSSR count). The lowest BCUT2D eigenvalue weighted by molar-refractivity contribution is -0.139. The van der Waals surface area contributed by atoms with Crippen LogP contribution in [0.15, 0.2) is 71.6 Å². The minimum absolute atomic E-state index is 0.0474. The van der Waals surface area contributed by atoms with Crippen molar-refractivity contribution in [2.75, 3.05) is 17.4 Å². The second kappa shape index (κ2) is 12.7. The molecule has 0 aliphatic heterocycles. The second-order valence-electron chi connectivity index (χ2n) is 8.84. The van der Waals surface area contributed by atoms with Crippen LogP contribution in [0.1, 0.15) is 30.5 Å². The maximum absolute atomic E-state index is 13.9. The molecule has 3 aromatic carbocycles. The summed E-state index contributed by atoms with van der Waals surface area (Å²) in [7, 11) is -4.13. The van der Waals surface area contributed by atoms with Crippen molar-refractivity contribution in [2.24, 2.45) is 0 Å². The first-order chi connectivity index (χ1) is 18.0. The number of halogens is 2. The number of sulfonamides is 1. The predicted octanol–water partition coefficient (Wildman–Crippen LogP) is 5.36. The van der Waals surface area contributed by atoms with Crippen molar-refractivity contribution in [3.63, 3.8) is 0 Å². The van der Waals surface area contributed by atoms with E-state index in [0.717, 1.165) is 15.4 Å². The number of amides is 2. The zero-order valence-electron chi connectivity index (χ0n) is 21.7. The van der Waals surface area contributed by atoms with Crippen molar-refractivity contribution >= 4 is 50.7 Å². The second-order valence-corrected chi connectivity index (χ2v) is 11.5. The van der Waals surface area contributed by atoms with E-state index < -0.39 is 28.5 Å². The van der Waals surface area contributed by atoms with E-state index in [9.17, 15) is 18.0 Å². The van der Waals surface area contributed by atoms with Crippen molar-refractivity contribution in [1.29, 1.82) is 0 Å². The van der Waals surface area contributed by atoms with E-state index in [1.54, 1.807) is 69.3 Å². The highest BCUT2D eigenvalue weighted by Crippen LogP contribution is 2.30. The average molecular weight is 577 g/mol. The molecule has 0 radical (unpaired) electrons. The van der Waals surface area contributed by atoms with E-state index in [4.69, 9.17) is 23.2 Å². The number of anilines is 1. The van der Waals surface area contributed by atoms with Gasteiger partial charge in [-0.15, -0.1) is 0 Å². The summed E-state index contributed by atoms with van der Waals surface area (Å²) in [5.74, 6) is -0.964. The van der Waals surface area contributed by atoms with Crippen LogP contribution in [-0.2, 0) is 26.2 Å². The summed E-state index contributed by atoms with van der Waals surface area (Å²) in [6.07, 6.45) is 0. The van der Waals surface area contributed by atoms with E-state index in [-0.39, 0.29) is 17.3 Å². The maximum atomic E-state index is 13.9. The van der Waals surface area contributed by atoms with Crippen LogP contribution in [0.5, 0.6) is 0 Å². The number of hydrogen-bond donors (Lipinski definition) is 1. The van der Waals surface area contributed by atoms with Gasteiger partial charge < -0.3 is 10.2 Å². The number of aryl methyl sites for hydroxylation is 1. The number of nitrogens with one attached hydrogen (secondary N) is 1. The van der Waals surface area contributed by atoms with E-state index in [2.05, 4.69) is 5.32 Å². The molecule has 0 aliphatic rings. The van der Waals surface area contributed by atoms with Gasteiger partial charge in [-0.2, -0.15) is 0 Å². The summed E-state index contributed by atoms with van der Waals surface area (Å²) >= 11 is 12.8. The molecule has 0 aromatic heterocycles. The Labute approximate surface area is 234 Å². The Bertz CT molecular complexity index is 1390. The summed E-state index contributed by atoms with van der Waals surface area (Å²) in [5, 5.41) is 3.39. The van der Waals surface area contributed by atoms with Gasteiger partial charge in [0, 0.05) is 28.7 Å². The molecular formula is C28H31Cl2N3O4S. The molecule has 0 bridgehead atoms. The van der Waals surface area contributed by atoms with Gasteiger partial charge in [0.05, 0.1) is 10.6 Å². The van der Waals surface area contributed by atoms with Gasteiger partial charge >= 0.3 is 0 Å². The summed E-state index contributed by atoms with van der Waals surface area (Å²) in [4.78, 5) is 28.1. The smallest absolute Gasteiger partial charge is 0.264 e. The number of carbonyl (C=O) groups excluding carboxylic acids is 2. The Morgan fingerprint density at radius 2 is 1.53 bits per heavy atom. The highest BCUT2D eigenvalue weighted by atomic mass is 35.5. The molecule has 0 saturated carbocycles. The Morgan fingerprint density at radius 1 is 0.921 bits per heavy atom. The number of nitrogens with zero attached hydrogens (tertiary/aromatic N) is 2. The normalized spacial score (nSPS) is 12.1. The van der Waals surface area contributed by atoms with Gasteiger partial charge in [-0.05, 0) is 69.2 Å². The molecule has 0 heterocycles. The lowest BCUT2D eigenvalue weighted by Crippen LogP contribution is -2.51. The number of hydrogen-bond acceptors (Lipinski definition) is 4. The summed E-state index contributed by atoms with van der Waals surface area (Å²) in [6, 6.07) is 17.3. The molecule has 0 spiro atoms. The van der Waals surface area contributed by atoms with Gasteiger partial charge in [0.15, 0.2) is 0 Å². The fourth-order valence-electron chi connectivity index (χ4n) is 4.00. The van der Waals surface area contributed by atoms with E-state index in [1.807, 2.05) is 13.0 Å². The average Bonchev–Trinajstić information content (AvgIpc) is 2.89. The number of carbonyl (C=O) groups is 2. The number of rotatable bonds is 10. The van der Waals surface area contributed by atoms with Gasteiger partial charge in [-0.3, -0.25) is 13.9 Å². The molecule has 0 fully saturated rings. The third-order valence-electron chi connectivity index (χ3n) is 6.36. The number of likely N-dealkylation sites (N-methyl/N-ethyl adjacent to an activating group) is 1. The topological polar surface area (TPSA) is 86.8 Å². The van der Waals surface area contributed by atoms with Gasteiger partial charge in [0.25, 0.3) is 10.0 Å². The maximum Gasteiger partial charge on any atom is 0.264 e. The summed E-state index contributed by atoms with van der Waals surface area (Å²) < 4.78 is 28.8. The molecule has 202 valence electrons. The first-order valence-electron chi connectivity index (χ1n) is 12.1. The Morgan fingerprint density at radius 3 is 2.13 bits per heavy atom. The molecule has 1 unspecified atom stereocenters. The third-order valence-corrected chi connectivity index (χ3v) is 8.85. The standard InChI is InChI=1S/C28H31Cl2N3O4S/c1-5-31-28(35)21(4)32(17-23-24(29)14-10-15-25(23)30)27(34)18-33(26-16-9-11-19(2)20(26)3)38(36,37)22-12-7-6-8-13-22/h6-16,21H,5,17-18H2,1-4H3,(H,31,35). The zero-order chi connectivity index (χ0) is 28.0. The molecule has 1 atom stereocenters. The van der Waals surface area contributed by atoms with Gasteiger partial charge in [-0.25, -0.2) is 8.42 Å². The minimum atomic E-state index is -4.13. The largest absolute Gasteiger partial charge is 0.355 e. The molecule has 0 saturated heterocycles. The lowest BCUT2D eigenvalue weighted by atomic mass is 10.1. The Balaban J connectivity index is 2.10. The summed E-state index contributed by atoms with van der Waals surface area (Å²) in [5.41, 5.74) is 2.43. The van der Waals surface area contributed by atoms with Crippen molar-refractivity contribution < 1.29 is 18.0 Å². The fraction of sp³-hybridized carbons (Fsp3) is 0.286. The Hall–Kier alpha value is -3.07. The van der Waals surface area contributed by atoms with Crippen molar-refractivity contribution in [3.05, 3.63) is 93.5 Å². The van der Waals surface area contributed by atoms with Crippen molar-refractivity contribution in [3.8, 4) is 0 Å². The Kier molecular flexibility index (Phi) is 9.82. The van der Waals surface area contributed by atoms with Gasteiger partial charge in [0.2, 0.25) is 11.8 Å². The van der Waals surface area contributed by atoms with Crippen LogP contribution in [0, 0.1) is 13.8 Å². The van der Waals surface area contributed by atoms with Gasteiger partial charge in [0.1, 0.15) is 12.6 Å². The first-order valence-corrected chi connectivity index (χ1v) is 14.3. The van der Waals surface area contributed by atoms with E-state index in [0.29, 0.717) is 27.8 Å². The zero-order valence-corrected chi connectivity index (χ0v) is 24.1. The molecule has 3 aromatic rings. The third kappa shape index (κ3) is 6.49. The molecule has 2 amide bonds. The number of benzene rings is 3. The molecule has 0 aliphatic carbocycles. The molecule has 38 heavy (non-hydrogen) atoms. The predicted molar refractivity (Wildman–Crippen MR) is 152 cm³/mol. The van der Waals surface area contributed by atoms with Crippen molar-refractivity contribution in [1.82, 2.24) is 10.2 Å². The monoisotopic (exact) mass is 575 g/mol. The fourth-order valence-corrected chi connectivity index (χ4v) is 6.01. The minimum Gasteiger partial charge on any atom is -0.355 e. The summed E-state index contributed by atoms with van der Waals surface area (Å²) in [6.45, 7) is 6.79. The first kappa shape index (κ1) is 29.5. The van der Waals surface area contributed by atoms with Crippen LogP contribution in [0.2, 0.25) is 10.0 Å². The highest BCUT2D eigenvalue weighted by molar-refractivity contribution is 7.92. The highest BCUT2D eigenvalue weighted by Gasteiger charge is 2.33. The van der Waals surface area contributed by atoms with Crippen LogP contribution in [0.3, 0.4) is 0 Å². The van der Waals surface area contributed by atoms with Crippen LogP contribution >= 0.6 is 23.2 Å². The van der Waals surface area contributed by atoms with Crippen LogP contribution in [0.25, 0.3) is 0 Å². The molecule has 7 nitrogen and oxygen atoms in total. The molecule has 10 heteroatoms. The SMILES string of the molecule is CCNC(=O)C(C)N(Cc1c(Cl)cccc1Cl)C(=O)CN(c1cccc(C)c1C)S(=O)(=O)c1ccccc1. The quantitative estimate of drug-likeness (QED) is 0.352. The molecule has 1 N–H and O–H groups in total. The van der Waals surface area contributed by atoms with Gasteiger partial charge in [-0.1, -0.05) is 59.6 Å². The van der Waals surface area contributed by atoms with E-state index >= 15 is 0 Å². The van der Waals surface area contributed by atoms with E-state index in [1.165, 1.54) is 17.0 Å². The lowest BCUT2D eigenvalue weighted by Gasteiger charge is -2.33. The molecular weight excluding hydrogens is 545 g/mol. The van der Waals surface area contributed by atoms with Crippen LogP contribution in [-0.4, -0.2) is 44.3 Å². The van der Waals surface area contributed by atoms with Crippen molar-refractivity contribution in [2.45, 2.75) is 45.2 Å². The van der Waals surface area contributed by atoms with Crippen LogP contribution in [0.4, 0.5) is 5.69 Å². The van der Waals surface area contributed by atoms with Crippen LogP contribution < -0.4 is 9.62 Å².